The van der Waals surface area contributed by atoms with Crippen molar-refractivity contribution in [3.63, 3.8) is 0 Å². The van der Waals surface area contributed by atoms with E-state index in [0.717, 1.165) is 23.3 Å². The van der Waals surface area contributed by atoms with E-state index < -0.39 is 72.1 Å². The van der Waals surface area contributed by atoms with Crippen LogP contribution < -0.4 is 5.73 Å². The average molecular weight is 690 g/mol. The maximum absolute atomic E-state index is 13.5. The highest BCUT2D eigenvalue weighted by Gasteiger charge is 2.52. The highest BCUT2D eigenvalue weighted by molar-refractivity contribution is 5.93. The number of hydrogen-bond acceptors (Lipinski definition) is 10. The van der Waals surface area contributed by atoms with Gasteiger partial charge in [-0.15, -0.1) is 0 Å². The smallest absolute Gasteiger partial charge is 0.334 e. The molecule has 1 fully saturated rings. The lowest BCUT2D eigenvalue weighted by Crippen LogP contribution is -2.58. The van der Waals surface area contributed by atoms with Gasteiger partial charge in [0, 0.05) is 54.9 Å². The molecule has 2 heterocycles. The second kappa shape index (κ2) is 18.8. The van der Waals surface area contributed by atoms with Crippen molar-refractivity contribution in [2.45, 2.75) is 124 Å². The Morgan fingerprint density at radius 2 is 1.82 bits per heavy atom. The number of methoxy groups -OCH3 is 1. The lowest BCUT2D eigenvalue weighted by Gasteiger charge is -2.49. The molecule has 0 spiro atoms. The summed E-state index contributed by atoms with van der Waals surface area (Å²) in [4.78, 5) is 37.1. The minimum atomic E-state index is -1.92. The normalized spacial score (nSPS) is 34.2. The van der Waals surface area contributed by atoms with Crippen LogP contribution in [0, 0.1) is 29.6 Å². The summed E-state index contributed by atoms with van der Waals surface area (Å²) in [5.41, 5.74) is 7.27. The number of aliphatic hydroxyl groups excluding tert-OH is 2. The quantitative estimate of drug-likeness (QED) is 0.200. The Kier molecular flexibility index (Phi) is 16.1. The first-order valence-electron chi connectivity index (χ1n) is 17.2. The van der Waals surface area contributed by atoms with Crippen molar-refractivity contribution in [1.29, 1.82) is 0 Å². The van der Waals surface area contributed by atoms with E-state index in [1.165, 1.54) is 7.11 Å². The minimum Gasteiger partial charge on any atom is -0.459 e. The van der Waals surface area contributed by atoms with E-state index in [1.54, 1.807) is 32.9 Å². The molecule has 0 aromatic rings. The third-order valence-corrected chi connectivity index (χ3v) is 9.93. The Hall–Kier alpha value is -3.09. The summed E-state index contributed by atoms with van der Waals surface area (Å²) < 4.78 is 23.7. The molecule has 11 nitrogen and oxygen atoms in total. The third kappa shape index (κ3) is 11.7. The van der Waals surface area contributed by atoms with Gasteiger partial charge in [-0.05, 0) is 45.6 Å². The number of carbonyl (C=O) groups excluding carboxylic acids is 3. The first-order valence-corrected chi connectivity index (χ1v) is 17.2. The van der Waals surface area contributed by atoms with Gasteiger partial charge < -0.3 is 40.0 Å². The largest absolute Gasteiger partial charge is 0.459 e. The van der Waals surface area contributed by atoms with Crippen LogP contribution >= 0.6 is 0 Å². The molecular formula is C38H59NO10. The van der Waals surface area contributed by atoms with Crippen LogP contribution in [0.5, 0.6) is 0 Å². The molecule has 11 heteroatoms. The SMILES string of the molecule is CCC1OC(O)(C(C)C(O)C(C)C2OC(=O)C(C)=CC(C)=CC(C)C(O)C(C)CC(C)=CC=CC2OC)CC(OC(=O)C=CC(N)=O)C1C. The zero-order valence-corrected chi connectivity index (χ0v) is 30.8. The molecule has 1 saturated heterocycles. The number of rotatable bonds is 9. The maximum Gasteiger partial charge on any atom is 0.334 e. The van der Waals surface area contributed by atoms with Crippen molar-refractivity contribution in [3.05, 3.63) is 59.3 Å². The Labute approximate surface area is 291 Å². The number of allylic oxidation sites excluding steroid dienone is 5. The van der Waals surface area contributed by atoms with Crippen LogP contribution in [0.25, 0.3) is 0 Å². The molecule has 0 aromatic carbocycles. The molecule has 0 aliphatic carbocycles. The summed E-state index contributed by atoms with van der Waals surface area (Å²) in [6.45, 7) is 16.5. The van der Waals surface area contributed by atoms with Crippen LogP contribution in [-0.4, -0.2) is 82.7 Å². The average Bonchev–Trinajstić information content (AvgIpc) is 3.04. The Bertz CT molecular complexity index is 1300. The fraction of sp³-hybridized carbons (Fsp3) is 0.658. The van der Waals surface area contributed by atoms with E-state index in [2.05, 4.69) is 0 Å². The van der Waals surface area contributed by atoms with Gasteiger partial charge in [-0.3, -0.25) is 4.79 Å². The van der Waals surface area contributed by atoms with Crippen LogP contribution in [0.4, 0.5) is 0 Å². The zero-order valence-electron chi connectivity index (χ0n) is 30.8. The number of amides is 1. The standard InChI is InChI=1S/C38H59NO10/c1-11-29-26(7)31(47-33(41)16-15-32(39)40)20-38(45,49-29)28(9)35(43)27(8)36-30(46-10)14-12-13-21(2)17-23(4)34(42)24(5)18-22(3)19-25(6)37(44)48-36/h12-16,18-19,23-24,26-31,34-36,42-43,45H,11,17,20H2,1-10H3,(H2,39,40). The van der Waals surface area contributed by atoms with Crippen LogP contribution in [0.15, 0.2) is 59.3 Å². The summed E-state index contributed by atoms with van der Waals surface area (Å²) >= 11 is 0. The van der Waals surface area contributed by atoms with Gasteiger partial charge >= 0.3 is 11.9 Å². The monoisotopic (exact) mass is 689 g/mol. The van der Waals surface area contributed by atoms with E-state index in [1.807, 2.05) is 59.8 Å². The van der Waals surface area contributed by atoms with Crippen LogP contribution in [-0.2, 0) is 33.3 Å². The van der Waals surface area contributed by atoms with Gasteiger partial charge in [0.1, 0.15) is 18.3 Å². The predicted molar refractivity (Wildman–Crippen MR) is 186 cm³/mol. The van der Waals surface area contributed by atoms with Crippen molar-refractivity contribution in [2.24, 2.45) is 35.3 Å². The molecule has 12 unspecified atom stereocenters. The summed E-state index contributed by atoms with van der Waals surface area (Å²) in [7, 11) is 1.49. The molecule has 2 aliphatic heterocycles. The molecule has 2 aliphatic rings. The highest BCUT2D eigenvalue weighted by Crippen LogP contribution is 2.41. The Morgan fingerprint density at radius 1 is 1.16 bits per heavy atom. The second-order valence-electron chi connectivity index (χ2n) is 14.1. The van der Waals surface area contributed by atoms with Crippen molar-refractivity contribution < 1.29 is 48.7 Å². The van der Waals surface area contributed by atoms with Crippen molar-refractivity contribution in [2.75, 3.05) is 7.11 Å². The number of cyclic esters (lactones) is 1. The molecule has 0 aromatic heterocycles. The fourth-order valence-electron chi connectivity index (χ4n) is 6.80. The molecule has 1 amide bonds. The van der Waals surface area contributed by atoms with Crippen molar-refractivity contribution in [3.8, 4) is 0 Å². The second-order valence-corrected chi connectivity index (χ2v) is 14.1. The first-order chi connectivity index (χ1) is 22.8. The number of hydrogen-bond donors (Lipinski definition) is 4. The zero-order chi connectivity index (χ0) is 37.2. The Balaban J connectivity index is 2.48. The van der Waals surface area contributed by atoms with Crippen LogP contribution in [0.2, 0.25) is 0 Å². The van der Waals surface area contributed by atoms with E-state index in [4.69, 9.17) is 24.7 Å². The fourth-order valence-corrected chi connectivity index (χ4v) is 6.80. The number of nitrogens with two attached hydrogens (primary N) is 1. The molecule has 0 bridgehead atoms. The van der Waals surface area contributed by atoms with Gasteiger partial charge in [0.2, 0.25) is 5.91 Å². The molecule has 2 rings (SSSR count). The lowest BCUT2D eigenvalue weighted by atomic mass is 9.77. The third-order valence-electron chi connectivity index (χ3n) is 9.93. The summed E-state index contributed by atoms with van der Waals surface area (Å²) in [6.07, 6.45) is 7.06. The number of ether oxygens (including phenoxy) is 4. The van der Waals surface area contributed by atoms with Gasteiger partial charge in [-0.1, -0.05) is 77.0 Å². The van der Waals surface area contributed by atoms with Gasteiger partial charge in [0.05, 0.1) is 18.3 Å². The van der Waals surface area contributed by atoms with E-state index >= 15 is 0 Å². The number of primary amides is 1. The number of carbonyl (C=O) groups is 3. The number of esters is 2. The molecule has 0 saturated carbocycles. The molecule has 276 valence electrons. The van der Waals surface area contributed by atoms with Crippen molar-refractivity contribution in [1.82, 2.24) is 0 Å². The summed E-state index contributed by atoms with van der Waals surface area (Å²) in [6, 6.07) is 0. The van der Waals surface area contributed by atoms with Crippen LogP contribution in [0.3, 0.4) is 0 Å². The Morgan fingerprint density at radius 3 is 2.41 bits per heavy atom. The lowest BCUT2D eigenvalue weighted by molar-refractivity contribution is -0.323. The van der Waals surface area contributed by atoms with E-state index in [9.17, 15) is 29.7 Å². The number of aliphatic hydroxyl groups is 3. The molecule has 0 radical (unpaired) electrons. The van der Waals surface area contributed by atoms with Gasteiger partial charge in [0.15, 0.2) is 5.79 Å². The minimum absolute atomic E-state index is 0.00731. The molecule has 49 heavy (non-hydrogen) atoms. The molecule has 12 atom stereocenters. The van der Waals surface area contributed by atoms with Crippen LogP contribution in [0.1, 0.15) is 81.6 Å². The summed E-state index contributed by atoms with van der Waals surface area (Å²) in [5.74, 6) is -6.28. The van der Waals surface area contributed by atoms with Gasteiger partial charge in [0.25, 0.3) is 0 Å². The van der Waals surface area contributed by atoms with Gasteiger partial charge in [-0.25, -0.2) is 9.59 Å². The van der Waals surface area contributed by atoms with E-state index in [0.29, 0.717) is 18.4 Å². The first kappa shape index (κ1) is 42.1. The molecule has 5 N–H and O–H groups in total. The highest BCUT2D eigenvalue weighted by atomic mass is 16.6. The maximum atomic E-state index is 13.5. The van der Waals surface area contributed by atoms with Crippen molar-refractivity contribution >= 4 is 17.8 Å². The topological polar surface area (TPSA) is 175 Å². The van der Waals surface area contributed by atoms with Gasteiger partial charge in [-0.2, -0.15) is 0 Å². The molecular weight excluding hydrogens is 630 g/mol. The predicted octanol–water partition coefficient (Wildman–Crippen LogP) is 4.46. The summed E-state index contributed by atoms with van der Waals surface area (Å²) in [5, 5.41) is 34.7. The van der Waals surface area contributed by atoms with E-state index in [-0.39, 0.29) is 24.2 Å².